The number of carbonyl (C=O) groups excluding carboxylic acids is 1. The van der Waals surface area contributed by atoms with Gasteiger partial charge in [-0.05, 0) is 37.3 Å². The van der Waals surface area contributed by atoms with Gasteiger partial charge in [0, 0.05) is 17.0 Å². The highest BCUT2D eigenvalue weighted by Crippen LogP contribution is 2.18. The van der Waals surface area contributed by atoms with Crippen molar-refractivity contribution < 1.29 is 4.79 Å². The molecule has 0 saturated carbocycles. The molecule has 1 N–H and O–H groups in total. The van der Waals surface area contributed by atoms with Gasteiger partial charge in [-0.1, -0.05) is 25.8 Å². The zero-order valence-electron chi connectivity index (χ0n) is 10.9. The second-order valence-electron chi connectivity index (χ2n) is 4.14. The number of amides is 1. The number of rotatable bonds is 6. The highest BCUT2D eigenvalue weighted by Gasteiger charge is 2.08. The van der Waals surface area contributed by atoms with Gasteiger partial charge in [0.05, 0.1) is 0 Å². The minimum absolute atomic E-state index is 0.0505. The molecule has 2 nitrogen and oxygen atoms in total. The molecule has 94 valence electrons. The van der Waals surface area contributed by atoms with Gasteiger partial charge in [0.15, 0.2) is 0 Å². The van der Waals surface area contributed by atoms with Crippen molar-refractivity contribution in [1.82, 2.24) is 5.32 Å². The second kappa shape index (κ2) is 7.38. The summed E-state index contributed by atoms with van der Waals surface area (Å²) in [6, 6.07) is 6.02. The number of thioether (sulfide) groups is 1. The van der Waals surface area contributed by atoms with Crippen LogP contribution in [0.2, 0.25) is 0 Å². The highest BCUT2D eigenvalue weighted by atomic mass is 32.2. The van der Waals surface area contributed by atoms with Gasteiger partial charge in [-0.3, -0.25) is 4.79 Å². The maximum atomic E-state index is 12.0. The highest BCUT2D eigenvalue weighted by molar-refractivity contribution is 7.98. The molecule has 0 aliphatic heterocycles. The first-order valence-electron chi connectivity index (χ1n) is 6.12. The van der Waals surface area contributed by atoms with Crippen molar-refractivity contribution in [2.24, 2.45) is 0 Å². The Balaban J connectivity index is 2.61. The van der Waals surface area contributed by atoms with Gasteiger partial charge >= 0.3 is 0 Å². The van der Waals surface area contributed by atoms with Crippen LogP contribution >= 0.6 is 11.8 Å². The Kier molecular flexibility index (Phi) is 6.12. The zero-order valence-corrected chi connectivity index (χ0v) is 11.7. The molecule has 0 heterocycles. The molecule has 0 radical (unpaired) electrons. The van der Waals surface area contributed by atoms with Gasteiger partial charge in [0.25, 0.3) is 5.91 Å². The fraction of sp³-hybridized carbons (Fsp3) is 0.500. The van der Waals surface area contributed by atoms with Crippen LogP contribution in [0.25, 0.3) is 0 Å². The Bertz CT molecular complexity index is 376. The monoisotopic (exact) mass is 251 g/mol. The van der Waals surface area contributed by atoms with Crippen LogP contribution in [0.5, 0.6) is 0 Å². The average Bonchev–Trinajstić information content (AvgIpc) is 2.35. The summed E-state index contributed by atoms with van der Waals surface area (Å²) in [5, 5.41) is 2.98. The summed E-state index contributed by atoms with van der Waals surface area (Å²) < 4.78 is 0. The van der Waals surface area contributed by atoms with Gasteiger partial charge in [-0.2, -0.15) is 0 Å². The molecule has 0 atom stereocenters. The number of benzene rings is 1. The number of aryl methyl sites for hydroxylation is 1. The summed E-state index contributed by atoms with van der Waals surface area (Å²) in [7, 11) is 0. The first-order chi connectivity index (χ1) is 8.19. The first-order valence-corrected chi connectivity index (χ1v) is 7.34. The Morgan fingerprint density at radius 3 is 2.76 bits per heavy atom. The topological polar surface area (TPSA) is 29.1 Å². The van der Waals surface area contributed by atoms with E-state index in [2.05, 4.69) is 12.2 Å². The molecule has 0 bridgehead atoms. The number of nitrogens with one attached hydrogen (secondary N) is 1. The van der Waals surface area contributed by atoms with Gasteiger partial charge in [-0.25, -0.2) is 0 Å². The number of carbonyl (C=O) groups is 1. The van der Waals surface area contributed by atoms with E-state index in [0.717, 1.165) is 29.0 Å². The predicted octanol–water partition coefficient (Wildman–Crippen LogP) is 3.64. The lowest BCUT2D eigenvalue weighted by Crippen LogP contribution is -2.25. The Morgan fingerprint density at radius 1 is 1.35 bits per heavy atom. The van der Waals surface area contributed by atoms with Crippen molar-refractivity contribution >= 4 is 17.7 Å². The largest absolute Gasteiger partial charge is 0.352 e. The SMILES string of the molecule is CCCCCNC(=O)c1cc(SC)ccc1C. The van der Waals surface area contributed by atoms with E-state index < -0.39 is 0 Å². The van der Waals surface area contributed by atoms with E-state index in [1.54, 1.807) is 11.8 Å². The molecule has 1 rings (SSSR count). The van der Waals surface area contributed by atoms with E-state index in [-0.39, 0.29) is 5.91 Å². The maximum absolute atomic E-state index is 12.0. The van der Waals surface area contributed by atoms with Gasteiger partial charge in [0.1, 0.15) is 0 Å². The molecular formula is C14H21NOS. The summed E-state index contributed by atoms with van der Waals surface area (Å²) in [6.07, 6.45) is 5.43. The first kappa shape index (κ1) is 14.1. The van der Waals surface area contributed by atoms with E-state index in [0.29, 0.717) is 0 Å². The molecule has 17 heavy (non-hydrogen) atoms. The summed E-state index contributed by atoms with van der Waals surface area (Å²) in [5.41, 5.74) is 1.84. The molecule has 0 spiro atoms. The lowest BCUT2D eigenvalue weighted by Gasteiger charge is -2.08. The van der Waals surface area contributed by atoms with Crippen molar-refractivity contribution in [2.45, 2.75) is 38.0 Å². The van der Waals surface area contributed by atoms with Crippen LogP contribution < -0.4 is 5.32 Å². The molecule has 0 aromatic heterocycles. The van der Waals surface area contributed by atoms with Crippen molar-refractivity contribution in [1.29, 1.82) is 0 Å². The van der Waals surface area contributed by atoms with E-state index in [4.69, 9.17) is 0 Å². The molecule has 0 aliphatic rings. The normalized spacial score (nSPS) is 10.3. The van der Waals surface area contributed by atoms with Crippen LogP contribution in [0.3, 0.4) is 0 Å². The Labute approximate surface area is 108 Å². The molecule has 1 aromatic rings. The minimum Gasteiger partial charge on any atom is -0.352 e. The molecule has 0 unspecified atom stereocenters. The fourth-order valence-corrected chi connectivity index (χ4v) is 2.08. The summed E-state index contributed by atoms with van der Waals surface area (Å²) in [5.74, 6) is 0.0505. The van der Waals surface area contributed by atoms with Crippen LogP contribution in [0.1, 0.15) is 42.1 Å². The maximum Gasteiger partial charge on any atom is 0.251 e. The third-order valence-electron chi connectivity index (χ3n) is 2.76. The van der Waals surface area contributed by atoms with E-state index >= 15 is 0 Å². The summed E-state index contributed by atoms with van der Waals surface area (Å²) >= 11 is 1.66. The van der Waals surface area contributed by atoms with Crippen molar-refractivity contribution in [3.63, 3.8) is 0 Å². The van der Waals surface area contributed by atoms with Crippen molar-refractivity contribution in [3.05, 3.63) is 29.3 Å². The van der Waals surface area contributed by atoms with Crippen LogP contribution in [-0.4, -0.2) is 18.7 Å². The van der Waals surface area contributed by atoms with Crippen LogP contribution in [0, 0.1) is 6.92 Å². The van der Waals surface area contributed by atoms with Gasteiger partial charge in [0.2, 0.25) is 0 Å². The number of unbranched alkanes of at least 4 members (excludes halogenated alkanes) is 2. The Morgan fingerprint density at radius 2 is 2.12 bits per heavy atom. The molecule has 0 fully saturated rings. The third kappa shape index (κ3) is 4.43. The number of hydrogen-bond donors (Lipinski definition) is 1. The van der Waals surface area contributed by atoms with E-state index in [9.17, 15) is 4.79 Å². The molecule has 0 saturated heterocycles. The van der Waals surface area contributed by atoms with Crippen LogP contribution in [0.4, 0.5) is 0 Å². The Hall–Kier alpha value is -0.960. The molecule has 3 heteroatoms. The average molecular weight is 251 g/mol. The van der Waals surface area contributed by atoms with E-state index in [1.165, 1.54) is 12.8 Å². The smallest absolute Gasteiger partial charge is 0.251 e. The molecule has 1 amide bonds. The summed E-state index contributed by atoms with van der Waals surface area (Å²) in [6.45, 7) is 4.91. The van der Waals surface area contributed by atoms with Crippen LogP contribution in [-0.2, 0) is 0 Å². The van der Waals surface area contributed by atoms with Gasteiger partial charge in [-0.15, -0.1) is 11.8 Å². The fourth-order valence-electron chi connectivity index (χ4n) is 1.64. The van der Waals surface area contributed by atoms with E-state index in [1.807, 2.05) is 31.4 Å². The molecule has 0 aliphatic carbocycles. The third-order valence-corrected chi connectivity index (χ3v) is 3.48. The molecule has 1 aromatic carbocycles. The van der Waals surface area contributed by atoms with Crippen molar-refractivity contribution in [2.75, 3.05) is 12.8 Å². The lowest BCUT2D eigenvalue weighted by molar-refractivity contribution is 0.0952. The zero-order chi connectivity index (χ0) is 12.7. The predicted molar refractivity (Wildman–Crippen MR) is 74.8 cm³/mol. The van der Waals surface area contributed by atoms with Crippen molar-refractivity contribution in [3.8, 4) is 0 Å². The number of hydrogen-bond acceptors (Lipinski definition) is 2. The standard InChI is InChI=1S/C14H21NOS/c1-4-5-6-9-15-14(16)13-10-12(17-3)8-7-11(13)2/h7-8,10H,4-6,9H2,1-3H3,(H,15,16). The lowest BCUT2D eigenvalue weighted by atomic mass is 10.1. The van der Waals surface area contributed by atoms with Gasteiger partial charge < -0.3 is 5.32 Å². The van der Waals surface area contributed by atoms with Crippen LogP contribution in [0.15, 0.2) is 23.1 Å². The second-order valence-corrected chi connectivity index (χ2v) is 5.02. The summed E-state index contributed by atoms with van der Waals surface area (Å²) in [4.78, 5) is 13.1. The minimum atomic E-state index is 0.0505. The molecular weight excluding hydrogens is 230 g/mol. The quantitative estimate of drug-likeness (QED) is 0.618.